The standard InChI is InChI=1S/C12H16N2OS2/c1-9(12-13-5-6-17-12)14-7-10-3-4-11(15-10)8-16-2/h3-6,9,14H,7-8H2,1-2H3. The van der Waals surface area contributed by atoms with E-state index in [4.69, 9.17) is 4.42 Å². The smallest absolute Gasteiger partial charge is 0.118 e. The van der Waals surface area contributed by atoms with Crippen LogP contribution in [0.25, 0.3) is 0 Å². The summed E-state index contributed by atoms with van der Waals surface area (Å²) in [5, 5.41) is 6.51. The van der Waals surface area contributed by atoms with Gasteiger partial charge in [0, 0.05) is 11.6 Å². The lowest BCUT2D eigenvalue weighted by atomic mass is 10.3. The van der Waals surface area contributed by atoms with Gasteiger partial charge in [-0.3, -0.25) is 0 Å². The Bertz CT molecular complexity index is 439. The van der Waals surface area contributed by atoms with Crippen molar-refractivity contribution in [3.05, 3.63) is 40.2 Å². The van der Waals surface area contributed by atoms with Gasteiger partial charge in [-0.05, 0) is 25.3 Å². The molecule has 0 saturated carbocycles. The van der Waals surface area contributed by atoms with E-state index in [0.29, 0.717) is 0 Å². The van der Waals surface area contributed by atoms with E-state index in [9.17, 15) is 0 Å². The molecule has 1 atom stereocenters. The minimum atomic E-state index is 0.268. The van der Waals surface area contributed by atoms with Crippen LogP contribution in [0.15, 0.2) is 28.1 Å². The molecular weight excluding hydrogens is 252 g/mol. The number of furan rings is 1. The molecule has 2 heterocycles. The Kier molecular flexibility index (Phi) is 4.65. The van der Waals surface area contributed by atoms with Crippen molar-refractivity contribution >= 4 is 23.1 Å². The molecule has 0 aliphatic heterocycles. The van der Waals surface area contributed by atoms with E-state index >= 15 is 0 Å². The maximum Gasteiger partial charge on any atom is 0.118 e. The molecule has 0 aromatic carbocycles. The fraction of sp³-hybridized carbons (Fsp3) is 0.417. The molecule has 2 rings (SSSR count). The van der Waals surface area contributed by atoms with Crippen molar-refractivity contribution in [3.63, 3.8) is 0 Å². The quantitative estimate of drug-likeness (QED) is 0.871. The number of thiazole rings is 1. The van der Waals surface area contributed by atoms with E-state index in [1.165, 1.54) is 0 Å². The summed E-state index contributed by atoms with van der Waals surface area (Å²) in [5.74, 6) is 2.95. The largest absolute Gasteiger partial charge is 0.464 e. The lowest BCUT2D eigenvalue weighted by molar-refractivity contribution is 0.442. The van der Waals surface area contributed by atoms with Crippen molar-refractivity contribution in [2.45, 2.75) is 25.3 Å². The topological polar surface area (TPSA) is 38.1 Å². The van der Waals surface area contributed by atoms with Crippen LogP contribution in [0.5, 0.6) is 0 Å². The number of hydrogen-bond acceptors (Lipinski definition) is 5. The predicted octanol–water partition coefficient (Wildman–Crippen LogP) is 3.45. The Labute approximate surface area is 110 Å². The van der Waals surface area contributed by atoms with Gasteiger partial charge in [0.2, 0.25) is 0 Å². The van der Waals surface area contributed by atoms with Crippen LogP contribution in [0, 0.1) is 0 Å². The number of aromatic nitrogens is 1. The Morgan fingerprint density at radius 3 is 3.00 bits per heavy atom. The zero-order valence-corrected chi connectivity index (χ0v) is 11.6. The monoisotopic (exact) mass is 268 g/mol. The van der Waals surface area contributed by atoms with Gasteiger partial charge in [0.1, 0.15) is 16.5 Å². The van der Waals surface area contributed by atoms with Crippen molar-refractivity contribution in [1.29, 1.82) is 0 Å². The Hall–Kier alpha value is -0.780. The number of nitrogens with zero attached hydrogens (tertiary/aromatic N) is 1. The van der Waals surface area contributed by atoms with Crippen LogP contribution < -0.4 is 5.32 Å². The minimum Gasteiger partial charge on any atom is -0.464 e. The third-order valence-electron chi connectivity index (χ3n) is 2.41. The first-order valence-corrected chi connectivity index (χ1v) is 7.76. The molecule has 3 nitrogen and oxygen atoms in total. The van der Waals surface area contributed by atoms with Crippen LogP contribution in [0.3, 0.4) is 0 Å². The molecule has 0 bridgehead atoms. The number of hydrogen-bond donors (Lipinski definition) is 1. The van der Waals surface area contributed by atoms with E-state index in [1.807, 2.05) is 23.7 Å². The van der Waals surface area contributed by atoms with Crippen molar-refractivity contribution in [1.82, 2.24) is 10.3 Å². The van der Waals surface area contributed by atoms with Gasteiger partial charge in [-0.15, -0.1) is 11.3 Å². The lowest BCUT2D eigenvalue weighted by Crippen LogP contribution is -2.17. The minimum absolute atomic E-state index is 0.268. The molecule has 0 saturated heterocycles. The van der Waals surface area contributed by atoms with Crippen LogP contribution in [-0.4, -0.2) is 11.2 Å². The second-order valence-corrected chi connectivity index (χ2v) is 5.57. The molecule has 2 aromatic rings. The summed E-state index contributed by atoms with van der Waals surface area (Å²) in [6, 6.07) is 4.35. The summed E-state index contributed by atoms with van der Waals surface area (Å²) in [7, 11) is 0. The molecule has 5 heteroatoms. The average molecular weight is 268 g/mol. The maximum atomic E-state index is 5.69. The van der Waals surface area contributed by atoms with Crippen molar-refractivity contribution in [3.8, 4) is 0 Å². The highest BCUT2D eigenvalue weighted by molar-refractivity contribution is 7.97. The van der Waals surface area contributed by atoms with Gasteiger partial charge >= 0.3 is 0 Å². The van der Waals surface area contributed by atoms with Gasteiger partial charge in [-0.1, -0.05) is 0 Å². The summed E-state index contributed by atoms with van der Waals surface area (Å²) in [6.45, 7) is 2.86. The first-order chi connectivity index (χ1) is 8.29. The second-order valence-electron chi connectivity index (χ2n) is 3.77. The first kappa shape index (κ1) is 12.7. The SMILES string of the molecule is CSCc1ccc(CNC(C)c2nccs2)o1. The highest BCUT2D eigenvalue weighted by Crippen LogP contribution is 2.17. The average Bonchev–Trinajstić information content (AvgIpc) is 2.97. The lowest BCUT2D eigenvalue weighted by Gasteiger charge is -2.09. The molecule has 0 fully saturated rings. The normalized spacial score (nSPS) is 12.8. The van der Waals surface area contributed by atoms with Crippen molar-refractivity contribution < 1.29 is 4.42 Å². The van der Waals surface area contributed by atoms with Crippen LogP contribution in [0.1, 0.15) is 29.5 Å². The maximum absolute atomic E-state index is 5.69. The second kappa shape index (κ2) is 6.23. The molecular formula is C12H16N2OS2. The van der Waals surface area contributed by atoms with E-state index in [0.717, 1.165) is 28.8 Å². The van der Waals surface area contributed by atoms with Gasteiger partial charge in [-0.25, -0.2) is 4.98 Å². The molecule has 0 spiro atoms. The highest BCUT2D eigenvalue weighted by Gasteiger charge is 2.08. The summed E-state index contributed by atoms with van der Waals surface area (Å²) >= 11 is 3.44. The molecule has 17 heavy (non-hydrogen) atoms. The number of nitrogens with one attached hydrogen (secondary N) is 1. The van der Waals surface area contributed by atoms with E-state index < -0.39 is 0 Å². The molecule has 1 unspecified atom stereocenters. The van der Waals surface area contributed by atoms with Gasteiger partial charge in [0.15, 0.2) is 0 Å². The van der Waals surface area contributed by atoms with Crippen molar-refractivity contribution in [2.75, 3.05) is 6.26 Å². The molecule has 92 valence electrons. The van der Waals surface area contributed by atoms with Gasteiger partial charge < -0.3 is 9.73 Å². The molecule has 0 radical (unpaired) electrons. The Balaban J connectivity index is 1.84. The predicted molar refractivity (Wildman–Crippen MR) is 73.3 cm³/mol. The van der Waals surface area contributed by atoms with E-state index in [-0.39, 0.29) is 6.04 Å². The fourth-order valence-electron chi connectivity index (χ4n) is 1.53. The zero-order valence-electron chi connectivity index (χ0n) is 9.97. The van der Waals surface area contributed by atoms with E-state index in [1.54, 1.807) is 23.1 Å². The third kappa shape index (κ3) is 3.59. The molecule has 0 aliphatic carbocycles. The first-order valence-electron chi connectivity index (χ1n) is 5.49. The summed E-state index contributed by atoms with van der Waals surface area (Å²) < 4.78 is 5.69. The number of rotatable bonds is 6. The number of thioether (sulfide) groups is 1. The summed E-state index contributed by atoms with van der Waals surface area (Å²) in [5.41, 5.74) is 0. The van der Waals surface area contributed by atoms with Crippen LogP contribution in [-0.2, 0) is 12.3 Å². The van der Waals surface area contributed by atoms with Crippen LogP contribution in [0.4, 0.5) is 0 Å². The van der Waals surface area contributed by atoms with Gasteiger partial charge in [0.05, 0.1) is 18.3 Å². The highest BCUT2D eigenvalue weighted by atomic mass is 32.2. The zero-order chi connectivity index (χ0) is 12.1. The molecule has 0 amide bonds. The fourth-order valence-corrected chi connectivity index (χ4v) is 2.64. The van der Waals surface area contributed by atoms with Crippen LogP contribution >= 0.6 is 23.1 Å². The third-order valence-corrected chi connectivity index (χ3v) is 3.94. The van der Waals surface area contributed by atoms with E-state index in [2.05, 4.69) is 23.5 Å². The van der Waals surface area contributed by atoms with Gasteiger partial charge in [0.25, 0.3) is 0 Å². The molecule has 0 aliphatic rings. The van der Waals surface area contributed by atoms with Crippen molar-refractivity contribution in [2.24, 2.45) is 0 Å². The van der Waals surface area contributed by atoms with Crippen LogP contribution in [0.2, 0.25) is 0 Å². The Morgan fingerprint density at radius 1 is 1.47 bits per heavy atom. The van der Waals surface area contributed by atoms with Gasteiger partial charge in [-0.2, -0.15) is 11.8 Å². The Morgan fingerprint density at radius 2 is 2.29 bits per heavy atom. The summed E-state index contributed by atoms with van der Waals surface area (Å²) in [4.78, 5) is 4.29. The molecule has 2 aromatic heterocycles. The molecule has 1 N–H and O–H groups in total. The summed E-state index contributed by atoms with van der Waals surface area (Å²) in [6.07, 6.45) is 3.91.